The predicted octanol–water partition coefficient (Wildman–Crippen LogP) is 2.52. The third-order valence-corrected chi connectivity index (χ3v) is 5.37. The lowest BCUT2D eigenvalue weighted by Gasteiger charge is -2.35. The molecule has 0 aliphatic carbocycles. The molecule has 168 valence electrons. The van der Waals surface area contributed by atoms with Gasteiger partial charge in [0.1, 0.15) is 5.75 Å². The first-order chi connectivity index (χ1) is 15.1. The highest BCUT2D eigenvalue weighted by Crippen LogP contribution is 2.38. The quantitative estimate of drug-likeness (QED) is 0.655. The van der Waals surface area contributed by atoms with Crippen molar-refractivity contribution in [3.8, 4) is 23.0 Å². The summed E-state index contributed by atoms with van der Waals surface area (Å²) in [6, 6.07) is 11.2. The van der Waals surface area contributed by atoms with E-state index in [9.17, 15) is 4.79 Å². The van der Waals surface area contributed by atoms with Crippen LogP contribution in [0, 0.1) is 0 Å². The molecule has 0 saturated carbocycles. The average molecular weight is 431 g/mol. The van der Waals surface area contributed by atoms with Crippen LogP contribution >= 0.6 is 0 Å². The number of ether oxygens (including phenoxy) is 5. The van der Waals surface area contributed by atoms with Gasteiger partial charge in [-0.15, -0.1) is 0 Å². The number of hydrogen-bond acceptors (Lipinski definition) is 7. The molecule has 2 aromatic carbocycles. The molecule has 0 aromatic heterocycles. The van der Waals surface area contributed by atoms with Crippen molar-refractivity contribution < 1.29 is 28.5 Å². The van der Waals surface area contributed by atoms with E-state index < -0.39 is 0 Å². The number of nitrogens with zero attached hydrogens (tertiary/aromatic N) is 1. The molecule has 3 rings (SSSR count). The fourth-order valence-electron chi connectivity index (χ4n) is 3.68. The predicted molar refractivity (Wildman–Crippen MR) is 117 cm³/mol. The summed E-state index contributed by atoms with van der Waals surface area (Å²) in [5.74, 6) is 1.90. The van der Waals surface area contributed by atoms with Crippen molar-refractivity contribution in [1.82, 2.24) is 10.2 Å². The molecule has 1 saturated heterocycles. The van der Waals surface area contributed by atoms with Crippen LogP contribution in [0.25, 0.3) is 0 Å². The first-order valence-corrected chi connectivity index (χ1v) is 10.1. The zero-order valence-corrected chi connectivity index (χ0v) is 18.5. The number of amides is 1. The minimum absolute atomic E-state index is 0.0146. The molecule has 1 aliphatic rings. The minimum atomic E-state index is -0.217. The maximum Gasteiger partial charge on any atom is 0.251 e. The third kappa shape index (κ3) is 5.39. The van der Waals surface area contributed by atoms with Gasteiger partial charge in [0, 0.05) is 25.2 Å². The van der Waals surface area contributed by atoms with Gasteiger partial charge in [-0.3, -0.25) is 9.69 Å². The van der Waals surface area contributed by atoms with E-state index in [1.165, 1.54) is 21.3 Å². The lowest BCUT2D eigenvalue weighted by molar-refractivity contribution is 0.0162. The number of nitrogens with one attached hydrogen (secondary N) is 1. The number of morpholine rings is 1. The smallest absolute Gasteiger partial charge is 0.251 e. The molecule has 0 spiro atoms. The fraction of sp³-hybridized carbons (Fsp3) is 0.435. The minimum Gasteiger partial charge on any atom is -0.497 e. The lowest BCUT2D eigenvalue weighted by atomic mass is 10.0. The Bertz CT molecular complexity index is 840. The zero-order valence-electron chi connectivity index (χ0n) is 18.5. The summed E-state index contributed by atoms with van der Waals surface area (Å²) in [6.45, 7) is 3.40. The van der Waals surface area contributed by atoms with E-state index in [2.05, 4.69) is 10.2 Å². The Labute approximate surface area is 183 Å². The first kappa shape index (κ1) is 22.7. The molecule has 1 atom stereocenters. The maximum atomic E-state index is 13.0. The van der Waals surface area contributed by atoms with Crippen LogP contribution in [0.4, 0.5) is 0 Å². The Morgan fingerprint density at radius 3 is 2.10 bits per heavy atom. The molecule has 1 amide bonds. The van der Waals surface area contributed by atoms with E-state index in [-0.39, 0.29) is 11.9 Å². The van der Waals surface area contributed by atoms with Crippen molar-refractivity contribution in [2.24, 2.45) is 0 Å². The second-order valence-electron chi connectivity index (χ2n) is 7.06. The fourth-order valence-corrected chi connectivity index (χ4v) is 3.68. The summed E-state index contributed by atoms with van der Waals surface area (Å²) in [5.41, 5.74) is 1.54. The number of hydrogen-bond donors (Lipinski definition) is 1. The van der Waals surface area contributed by atoms with E-state index in [0.29, 0.717) is 42.6 Å². The van der Waals surface area contributed by atoms with Gasteiger partial charge in [-0.2, -0.15) is 0 Å². The standard InChI is InChI=1S/C23H30N2O6/c1-27-18-7-5-16(6-8-18)19(25-9-11-31-12-10-25)15-24-23(26)17-13-20(28-2)22(30-4)21(14-17)29-3/h5-8,13-14,19H,9-12,15H2,1-4H3,(H,24,26)/t19-/m1/s1. The Morgan fingerprint density at radius 1 is 0.968 bits per heavy atom. The van der Waals surface area contributed by atoms with E-state index >= 15 is 0 Å². The summed E-state index contributed by atoms with van der Waals surface area (Å²) >= 11 is 0. The van der Waals surface area contributed by atoms with Crippen LogP contribution in [-0.2, 0) is 4.74 Å². The molecule has 1 aliphatic heterocycles. The number of carbonyl (C=O) groups excluding carboxylic acids is 1. The molecule has 8 heteroatoms. The zero-order chi connectivity index (χ0) is 22.2. The van der Waals surface area contributed by atoms with Crippen LogP contribution in [0.3, 0.4) is 0 Å². The lowest BCUT2D eigenvalue weighted by Crippen LogP contribution is -2.43. The second kappa shape index (κ2) is 10.9. The normalized spacial score (nSPS) is 15.1. The van der Waals surface area contributed by atoms with Crippen molar-refractivity contribution in [3.05, 3.63) is 47.5 Å². The van der Waals surface area contributed by atoms with Crippen LogP contribution in [-0.4, -0.2) is 72.1 Å². The van der Waals surface area contributed by atoms with Gasteiger partial charge >= 0.3 is 0 Å². The summed E-state index contributed by atoms with van der Waals surface area (Å²) in [6.07, 6.45) is 0. The molecule has 1 heterocycles. The molecule has 31 heavy (non-hydrogen) atoms. The van der Waals surface area contributed by atoms with E-state index in [1.807, 2.05) is 24.3 Å². The largest absolute Gasteiger partial charge is 0.497 e. The van der Waals surface area contributed by atoms with Gasteiger partial charge in [0.15, 0.2) is 11.5 Å². The summed E-state index contributed by atoms with van der Waals surface area (Å²) < 4.78 is 26.8. The van der Waals surface area contributed by atoms with Crippen LogP contribution in [0.1, 0.15) is 22.0 Å². The van der Waals surface area contributed by atoms with Crippen molar-refractivity contribution in [1.29, 1.82) is 0 Å². The van der Waals surface area contributed by atoms with Crippen LogP contribution in [0.2, 0.25) is 0 Å². The number of benzene rings is 2. The molecule has 0 bridgehead atoms. The Balaban J connectivity index is 1.79. The van der Waals surface area contributed by atoms with Crippen molar-refractivity contribution in [2.75, 3.05) is 61.3 Å². The first-order valence-electron chi connectivity index (χ1n) is 10.1. The summed E-state index contributed by atoms with van der Waals surface area (Å²) in [4.78, 5) is 15.3. The van der Waals surface area contributed by atoms with Crippen molar-refractivity contribution in [2.45, 2.75) is 6.04 Å². The van der Waals surface area contributed by atoms with Gasteiger partial charge in [-0.1, -0.05) is 12.1 Å². The van der Waals surface area contributed by atoms with Gasteiger partial charge in [0.25, 0.3) is 5.91 Å². The molecule has 1 fully saturated rings. The van der Waals surface area contributed by atoms with Crippen molar-refractivity contribution in [3.63, 3.8) is 0 Å². The highest BCUT2D eigenvalue weighted by Gasteiger charge is 2.24. The molecule has 0 unspecified atom stereocenters. The highest BCUT2D eigenvalue weighted by atomic mass is 16.5. The number of rotatable bonds is 9. The van der Waals surface area contributed by atoms with E-state index in [4.69, 9.17) is 23.7 Å². The molecule has 2 aromatic rings. The van der Waals surface area contributed by atoms with Gasteiger partial charge in [-0.25, -0.2) is 0 Å². The molecular weight excluding hydrogens is 400 g/mol. The van der Waals surface area contributed by atoms with Gasteiger partial charge in [0.2, 0.25) is 5.75 Å². The van der Waals surface area contributed by atoms with Crippen LogP contribution in [0.15, 0.2) is 36.4 Å². The summed E-state index contributed by atoms with van der Waals surface area (Å²) in [7, 11) is 6.22. The molecule has 8 nitrogen and oxygen atoms in total. The topological polar surface area (TPSA) is 78.5 Å². The molecular formula is C23H30N2O6. The van der Waals surface area contributed by atoms with Gasteiger partial charge < -0.3 is 29.0 Å². The van der Waals surface area contributed by atoms with Crippen LogP contribution in [0.5, 0.6) is 23.0 Å². The van der Waals surface area contributed by atoms with Gasteiger partial charge in [0.05, 0.1) is 47.7 Å². The number of methoxy groups -OCH3 is 4. The average Bonchev–Trinajstić information content (AvgIpc) is 2.84. The van der Waals surface area contributed by atoms with Crippen molar-refractivity contribution >= 4 is 5.91 Å². The molecule has 1 N–H and O–H groups in total. The maximum absolute atomic E-state index is 13.0. The van der Waals surface area contributed by atoms with Crippen LogP contribution < -0.4 is 24.3 Å². The Morgan fingerprint density at radius 2 is 1.58 bits per heavy atom. The SMILES string of the molecule is COc1ccc([C@@H](CNC(=O)c2cc(OC)c(OC)c(OC)c2)N2CCOCC2)cc1. The van der Waals surface area contributed by atoms with Gasteiger partial charge in [-0.05, 0) is 29.8 Å². The monoisotopic (exact) mass is 430 g/mol. The summed E-state index contributed by atoms with van der Waals surface area (Å²) in [5, 5.41) is 3.06. The van der Waals surface area contributed by atoms with E-state index in [1.54, 1.807) is 19.2 Å². The number of carbonyl (C=O) groups is 1. The second-order valence-corrected chi connectivity index (χ2v) is 7.06. The highest BCUT2D eigenvalue weighted by molar-refractivity contribution is 5.95. The molecule has 0 radical (unpaired) electrons. The third-order valence-electron chi connectivity index (χ3n) is 5.37. The Kier molecular flexibility index (Phi) is 7.97. The Hall–Kier alpha value is -2.97. The van der Waals surface area contributed by atoms with E-state index in [0.717, 1.165) is 24.4 Å².